The molecule has 0 aliphatic heterocycles. The van der Waals surface area contributed by atoms with E-state index in [9.17, 15) is 5.11 Å². The summed E-state index contributed by atoms with van der Waals surface area (Å²) in [7, 11) is 1.55. The molecule has 0 atom stereocenters. The molecular weight excluding hydrogens is 200 g/mol. The summed E-state index contributed by atoms with van der Waals surface area (Å²) in [5.74, 6) is 0.663. The molecule has 1 N–H and O–H groups in total. The quantitative estimate of drug-likeness (QED) is 0.830. The number of phenols is 1. The average Bonchev–Trinajstić information content (AvgIpc) is 2.31. The lowest BCUT2D eigenvalue weighted by Gasteiger charge is -2.07. The van der Waals surface area contributed by atoms with E-state index in [2.05, 4.69) is 31.2 Å². The van der Waals surface area contributed by atoms with Crippen molar-refractivity contribution in [1.29, 1.82) is 0 Å². The van der Waals surface area contributed by atoms with Gasteiger partial charge in [-0.25, -0.2) is 0 Å². The van der Waals surface area contributed by atoms with E-state index in [-0.39, 0.29) is 5.75 Å². The highest BCUT2D eigenvalue weighted by Crippen LogP contribution is 2.31. The van der Waals surface area contributed by atoms with E-state index in [1.807, 2.05) is 12.1 Å². The predicted octanol–water partition coefficient (Wildman–Crippen LogP) is 3.38. The maximum absolute atomic E-state index is 9.50. The number of aromatic hydroxyl groups is 1. The van der Waals surface area contributed by atoms with Crippen molar-refractivity contribution < 1.29 is 9.84 Å². The molecule has 0 unspecified atom stereocenters. The standard InChI is InChI=1S/C14H14O2/c1-10-3-5-11(6-4-10)12-7-8-13(15)14(9-12)16-2/h3-9,15H,1-2H3. The van der Waals surface area contributed by atoms with Crippen LogP contribution in [0.4, 0.5) is 0 Å². The zero-order valence-corrected chi connectivity index (χ0v) is 9.40. The summed E-state index contributed by atoms with van der Waals surface area (Å²) in [4.78, 5) is 0. The molecule has 2 nitrogen and oxygen atoms in total. The Bertz CT molecular complexity index is 487. The number of rotatable bonds is 2. The van der Waals surface area contributed by atoms with Crippen LogP contribution in [0.2, 0.25) is 0 Å². The van der Waals surface area contributed by atoms with Gasteiger partial charge in [0.15, 0.2) is 11.5 Å². The van der Waals surface area contributed by atoms with Crippen LogP contribution in [-0.2, 0) is 0 Å². The first-order valence-electron chi connectivity index (χ1n) is 5.15. The summed E-state index contributed by atoms with van der Waals surface area (Å²) in [6, 6.07) is 13.6. The van der Waals surface area contributed by atoms with Crippen molar-refractivity contribution in [2.75, 3.05) is 7.11 Å². The zero-order valence-electron chi connectivity index (χ0n) is 9.40. The van der Waals surface area contributed by atoms with Crippen LogP contribution in [-0.4, -0.2) is 12.2 Å². The minimum atomic E-state index is 0.165. The second kappa shape index (κ2) is 4.27. The number of hydrogen-bond acceptors (Lipinski definition) is 2. The van der Waals surface area contributed by atoms with Crippen molar-refractivity contribution in [3.05, 3.63) is 48.0 Å². The fourth-order valence-corrected chi connectivity index (χ4v) is 1.60. The summed E-state index contributed by atoms with van der Waals surface area (Å²) < 4.78 is 5.08. The van der Waals surface area contributed by atoms with Crippen molar-refractivity contribution in [3.63, 3.8) is 0 Å². The van der Waals surface area contributed by atoms with Gasteiger partial charge in [-0.3, -0.25) is 0 Å². The topological polar surface area (TPSA) is 29.5 Å². The van der Waals surface area contributed by atoms with Gasteiger partial charge in [0.25, 0.3) is 0 Å². The molecule has 0 aliphatic carbocycles. The van der Waals surface area contributed by atoms with Gasteiger partial charge in [-0.2, -0.15) is 0 Å². The number of benzene rings is 2. The van der Waals surface area contributed by atoms with Crippen LogP contribution in [0.1, 0.15) is 5.56 Å². The van der Waals surface area contributed by atoms with Gasteiger partial charge < -0.3 is 9.84 Å². The first-order chi connectivity index (χ1) is 7.70. The van der Waals surface area contributed by atoms with Crippen molar-refractivity contribution >= 4 is 0 Å². The van der Waals surface area contributed by atoms with E-state index >= 15 is 0 Å². The Morgan fingerprint density at radius 3 is 2.19 bits per heavy atom. The van der Waals surface area contributed by atoms with Crippen molar-refractivity contribution in [1.82, 2.24) is 0 Å². The number of hydrogen-bond donors (Lipinski definition) is 1. The molecule has 0 spiro atoms. The first-order valence-corrected chi connectivity index (χ1v) is 5.15. The molecule has 0 heterocycles. The summed E-state index contributed by atoms with van der Waals surface area (Å²) >= 11 is 0. The van der Waals surface area contributed by atoms with Crippen LogP contribution in [0, 0.1) is 6.92 Å². The van der Waals surface area contributed by atoms with Crippen LogP contribution in [0.25, 0.3) is 11.1 Å². The highest BCUT2D eigenvalue weighted by atomic mass is 16.5. The van der Waals surface area contributed by atoms with E-state index in [4.69, 9.17) is 4.74 Å². The Hall–Kier alpha value is -1.96. The van der Waals surface area contributed by atoms with Gasteiger partial charge in [0, 0.05) is 0 Å². The third-order valence-corrected chi connectivity index (χ3v) is 2.56. The predicted molar refractivity (Wildman–Crippen MR) is 64.8 cm³/mol. The normalized spacial score (nSPS) is 10.1. The Morgan fingerprint density at radius 1 is 0.938 bits per heavy atom. The molecule has 2 aromatic rings. The summed E-state index contributed by atoms with van der Waals surface area (Å²) in [6.45, 7) is 2.06. The molecule has 82 valence electrons. The number of ether oxygens (including phenoxy) is 1. The van der Waals surface area contributed by atoms with Crippen LogP contribution >= 0.6 is 0 Å². The molecule has 0 aromatic heterocycles. The lowest BCUT2D eigenvalue weighted by atomic mass is 10.0. The Balaban J connectivity index is 2.44. The number of aryl methyl sites for hydroxylation is 1. The van der Waals surface area contributed by atoms with E-state index in [0.29, 0.717) is 5.75 Å². The fraction of sp³-hybridized carbons (Fsp3) is 0.143. The number of methoxy groups -OCH3 is 1. The molecule has 16 heavy (non-hydrogen) atoms. The Labute approximate surface area is 95.1 Å². The van der Waals surface area contributed by atoms with Crippen LogP contribution < -0.4 is 4.74 Å². The smallest absolute Gasteiger partial charge is 0.161 e. The largest absolute Gasteiger partial charge is 0.504 e. The Morgan fingerprint density at radius 2 is 1.56 bits per heavy atom. The second-order valence-corrected chi connectivity index (χ2v) is 3.75. The molecule has 0 radical (unpaired) electrons. The highest BCUT2D eigenvalue weighted by molar-refractivity contribution is 5.67. The maximum Gasteiger partial charge on any atom is 0.161 e. The first kappa shape index (κ1) is 10.6. The van der Waals surface area contributed by atoms with E-state index < -0.39 is 0 Å². The molecule has 0 saturated carbocycles. The molecule has 0 bridgehead atoms. The third kappa shape index (κ3) is 2.01. The minimum Gasteiger partial charge on any atom is -0.504 e. The van der Waals surface area contributed by atoms with Gasteiger partial charge in [0.1, 0.15) is 0 Å². The SMILES string of the molecule is COc1cc(-c2ccc(C)cc2)ccc1O. The highest BCUT2D eigenvalue weighted by Gasteiger charge is 2.03. The molecule has 0 fully saturated rings. The summed E-state index contributed by atoms with van der Waals surface area (Å²) in [5, 5.41) is 9.50. The molecule has 0 saturated heterocycles. The Kier molecular flexibility index (Phi) is 2.82. The van der Waals surface area contributed by atoms with Crippen molar-refractivity contribution in [2.24, 2.45) is 0 Å². The summed E-state index contributed by atoms with van der Waals surface area (Å²) in [6.07, 6.45) is 0. The molecule has 2 rings (SSSR count). The molecule has 0 aliphatic rings. The van der Waals surface area contributed by atoms with Crippen molar-refractivity contribution in [3.8, 4) is 22.6 Å². The molecule has 2 aromatic carbocycles. The van der Waals surface area contributed by atoms with E-state index in [1.165, 1.54) is 5.56 Å². The molecular formula is C14H14O2. The summed E-state index contributed by atoms with van der Waals surface area (Å²) in [5.41, 5.74) is 3.38. The van der Waals surface area contributed by atoms with Crippen LogP contribution in [0.15, 0.2) is 42.5 Å². The zero-order chi connectivity index (χ0) is 11.5. The molecule has 0 amide bonds. The fourth-order valence-electron chi connectivity index (χ4n) is 1.60. The van der Waals surface area contributed by atoms with Crippen LogP contribution in [0.3, 0.4) is 0 Å². The number of phenolic OH excluding ortho intramolecular Hbond substituents is 1. The van der Waals surface area contributed by atoms with Gasteiger partial charge in [0.05, 0.1) is 7.11 Å². The molecule has 2 heteroatoms. The average molecular weight is 214 g/mol. The van der Waals surface area contributed by atoms with Gasteiger partial charge in [0.2, 0.25) is 0 Å². The minimum absolute atomic E-state index is 0.165. The van der Waals surface area contributed by atoms with E-state index in [0.717, 1.165) is 11.1 Å². The van der Waals surface area contributed by atoms with Gasteiger partial charge in [-0.15, -0.1) is 0 Å². The lowest BCUT2D eigenvalue weighted by Crippen LogP contribution is -1.85. The third-order valence-electron chi connectivity index (χ3n) is 2.56. The van der Waals surface area contributed by atoms with Gasteiger partial charge in [-0.1, -0.05) is 35.9 Å². The lowest BCUT2D eigenvalue weighted by molar-refractivity contribution is 0.373. The monoisotopic (exact) mass is 214 g/mol. The van der Waals surface area contributed by atoms with Crippen molar-refractivity contribution in [2.45, 2.75) is 6.92 Å². The van der Waals surface area contributed by atoms with E-state index in [1.54, 1.807) is 13.2 Å². The van der Waals surface area contributed by atoms with Crippen LogP contribution in [0.5, 0.6) is 11.5 Å². The van der Waals surface area contributed by atoms with Gasteiger partial charge >= 0.3 is 0 Å². The second-order valence-electron chi connectivity index (χ2n) is 3.75. The maximum atomic E-state index is 9.50. The van der Waals surface area contributed by atoms with Gasteiger partial charge in [-0.05, 0) is 30.2 Å².